The molecule has 0 aliphatic carbocycles. The number of ketones is 2. The van der Waals surface area contributed by atoms with Crippen LogP contribution in [-0.2, 0) is 0 Å². The molecule has 0 fully saturated rings. The van der Waals surface area contributed by atoms with Gasteiger partial charge in [0.05, 0.1) is 29.1 Å². The molecule has 0 amide bonds. The number of nitrogens with one attached hydrogen (secondary N) is 2. The maximum Gasteiger partial charge on any atom is 0.192 e. The molecule has 136 valence electrons. The zero-order chi connectivity index (χ0) is 19.0. The van der Waals surface area contributed by atoms with E-state index in [1.165, 1.54) is 18.7 Å². The van der Waals surface area contributed by atoms with Crippen molar-refractivity contribution in [2.24, 2.45) is 0 Å². The summed E-state index contributed by atoms with van der Waals surface area (Å²) in [4.78, 5) is 35.4. The SMILES string of the molecule is COc1ccc2nc(SC(C)C(=O)c3[nH]c(C)c(C(C)=O)c3C)[nH]c2c1. The van der Waals surface area contributed by atoms with Crippen molar-refractivity contribution in [3.63, 3.8) is 0 Å². The van der Waals surface area contributed by atoms with Crippen molar-refractivity contribution in [3.8, 4) is 5.75 Å². The molecule has 0 radical (unpaired) electrons. The zero-order valence-electron chi connectivity index (χ0n) is 15.4. The number of thioether (sulfide) groups is 1. The molecule has 3 aromatic rings. The lowest BCUT2D eigenvalue weighted by atomic mass is 10.0. The minimum atomic E-state index is -0.353. The Labute approximate surface area is 155 Å². The van der Waals surface area contributed by atoms with Gasteiger partial charge in [0, 0.05) is 17.3 Å². The summed E-state index contributed by atoms with van der Waals surface area (Å²) >= 11 is 1.36. The molecule has 0 saturated heterocycles. The number of rotatable bonds is 6. The highest BCUT2D eigenvalue weighted by molar-refractivity contribution is 8.00. The summed E-state index contributed by atoms with van der Waals surface area (Å²) in [5.41, 5.74) is 4.20. The van der Waals surface area contributed by atoms with Crippen LogP contribution in [0.1, 0.15) is 46.0 Å². The second kappa shape index (κ2) is 6.99. The maximum atomic E-state index is 12.8. The number of imidazole rings is 1. The molecule has 0 aliphatic heterocycles. The summed E-state index contributed by atoms with van der Waals surface area (Å²) in [7, 11) is 1.62. The maximum absolute atomic E-state index is 12.8. The number of fused-ring (bicyclic) bond motifs is 1. The molecular weight excluding hydrogens is 350 g/mol. The molecule has 7 heteroatoms. The fraction of sp³-hybridized carbons (Fsp3) is 0.316. The predicted molar refractivity (Wildman–Crippen MR) is 103 cm³/mol. The van der Waals surface area contributed by atoms with Crippen LogP contribution in [0.5, 0.6) is 5.75 Å². The van der Waals surface area contributed by atoms with Gasteiger partial charge >= 0.3 is 0 Å². The Kier molecular flexibility index (Phi) is 4.91. The first-order valence-electron chi connectivity index (χ1n) is 8.26. The number of carbonyl (C=O) groups is 2. The number of hydrogen-bond acceptors (Lipinski definition) is 5. The second-order valence-electron chi connectivity index (χ2n) is 6.23. The molecule has 0 aliphatic rings. The van der Waals surface area contributed by atoms with Crippen molar-refractivity contribution in [1.82, 2.24) is 15.0 Å². The van der Waals surface area contributed by atoms with Gasteiger partial charge in [0.25, 0.3) is 0 Å². The number of methoxy groups -OCH3 is 1. The number of aromatic nitrogens is 3. The normalized spacial score (nSPS) is 12.3. The van der Waals surface area contributed by atoms with Crippen molar-refractivity contribution < 1.29 is 14.3 Å². The Hall–Kier alpha value is -2.54. The Morgan fingerprint density at radius 3 is 2.58 bits per heavy atom. The third-order valence-corrected chi connectivity index (χ3v) is 5.35. The molecule has 6 nitrogen and oxygen atoms in total. The average molecular weight is 371 g/mol. The Balaban J connectivity index is 1.84. The number of aromatic amines is 2. The van der Waals surface area contributed by atoms with Crippen LogP contribution < -0.4 is 4.74 Å². The smallest absolute Gasteiger partial charge is 0.192 e. The van der Waals surface area contributed by atoms with Crippen molar-refractivity contribution >= 4 is 34.4 Å². The molecule has 0 bridgehead atoms. The van der Waals surface area contributed by atoms with Gasteiger partial charge in [-0.05, 0) is 45.4 Å². The van der Waals surface area contributed by atoms with E-state index in [9.17, 15) is 9.59 Å². The van der Waals surface area contributed by atoms with Crippen molar-refractivity contribution in [2.75, 3.05) is 7.11 Å². The number of nitrogens with zero attached hydrogens (tertiary/aromatic N) is 1. The van der Waals surface area contributed by atoms with Gasteiger partial charge < -0.3 is 14.7 Å². The highest BCUT2D eigenvalue weighted by Gasteiger charge is 2.25. The molecule has 1 aromatic carbocycles. The van der Waals surface area contributed by atoms with Gasteiger partial charge in [-0.1, -0.05) is 11.8 Å². The fourth-order valence-corrected chi connectivity index (χ4v) is 3.98. The summed E-state index contributed by atoms with van der Waals surface area (Å²) in [6.45, 7) is 6.96. The first-order valence-corrected chi connectivity index (χ1v) is 9.14. The van der Waals surface area contributed by atoms with Gasteiger partial charge in [-0.25, -0.2) is 4.98 Å². The second-order valence-corrected chi connectivity index (χ2v) is 7.56. The van der Waals surface area contributed by atoms with Crippen molar-refractivity contribution in [3.05, 3.63) is 40.7 Å². The summed E-state index contributed by atoms with van der Waals surface area (Å²) in [5.74, 6) is 0.652. The number of hydrogen-bond donors (Lipinski definition) is 2. The van der Waals surface area contributed by atoms with Crippen molar-refractivity contribution in [1.29, 1.82) is 0 Å². The van der Waals surface area contributed by atoms with E-state index >= 15 is 0 Å². The molecule has 0 saturated carbocycles. The molecule has 0 spiro atoms. The topological polar surface area (TPSA) is 87.8 Å². The first-order chi connectivity index (χ1) is 12.3. The molecule has 2 heterocycles. The minimum Gasteiger partial charge on any atom is -0.497 e. The number of benzene rings is 1. The third kappa shape index (κ3) is 3.26. The number of H-pyrrole nitrogens is 2. The largest absolute Gasteiger partial charge is 0.497 e. The predicted octanol–water partition coefficient (Wildman–Crippen LogP) is 4.08. The van der Waals surface area contributed by atoms with Crippen LogP contribution in [0.15, 0.2) is 23.4 Å². The minimum absolute atomic E-state index is 0.0400. The third-order valence-electron chi connectivity index (χ3n) is 4.36. The lowest BCUT2D eigenvalue weighted by Crippen LogP contribution is -2.15. The van der Waals surface area contributed by atoms with Gasteiger partial charge in [0.2, 0.25) is 0 Å². The van der Waals surface area contributed by atoms with Crippen LogP contribution in [0.3, 0.4) is 0 Å². The first kappa shape index (κ1) is 18.3. The van der Waals surface area contributed by atoms with E-state index in [0.717, 1.165) is 22.5 Å². The lowest BCUT2D eigenvalue weighted by molar-refractivity contribution is 0.0988. The van der Waals surface area contributed by atoms with E-state index in [1.54, 1.807) is 14.0 Å². The number of Topliss-reactive ketones (excluding diaryl/α,β-unsaturated/α-hetero) is 2. The van der Waals surface area contributed by atoms with E-state index < -0.39 is 0 Å². The fourth-order valence-electron chi connectivity index (χ4n) is 3.10. The monoisotopic (exact) mass is 371 g/mol. The molecule has 1 unspecified atom stereocenters. The summed E-state index contributed by atoms with van der Waals surface area (Å²) in [6.07, 6.45) is 0. The number of carbonyl (C=O) groups excluding carboxylic acids is 2. The summed E-state index contributed by atoms with van der Waals surface area (Å²) in [6, 6.07) is 5.59. The standard InChI is InChI=1S/C19H21N3O3S/c1-9-16(11(3)23)10(2)20-17(9)18(24)12(4)26-19-21-14-7-6-13(25-5)8-15(14)22-19/h6-8,12,20H,1-5H3,(H,21,22). The van der Waals surface area contributed by atoms with E-state index in [-0.39, 0.29) is 16.8 Å². The van der Waals surface area contributed by atoms with Crippen LogP contribution in [0, 0.1) is 13.8 Å². The molecule has 1 atom stereocenters. The van der Waals surface area contributed by atoms with Crippen LogP contribution in [0.4, 0.5) is 0 Å². The Bertz CT molecular complexity index is 1000. The van der Waals surface area contributed by atoms with Crippen LogP contribution >= 0.6 is 11.8 Å². The highest BCUT2D eigenvalue weighted by Crippen LogP contribution is 2.29. The average Bonchev–Trinajstić information content (AvgIpc) is 3.12. The van der Waals surface area contributed by atoms with Gasteiger partial charge in [-0.3, -0.25) is 9.59 Å². The molecule has 2 aromatic heterocycles. The number of aryl methyl sites for hydroxylation is 1. The summed E-state index contributed by atoms with van der Waals surface area (Å²) < 4.78 is 5.21. The van der Waals surface area contributed by atoms with Crippen LogP contribution in [0.2, 0.25) is 0 Å². The molecular formula is C19H21N3O3S. The van der Waals surface area contributed by atoms with E-state index in [0.29, 0.717) is 22.0 Å². The van der Waals surface area contributed by atoms with Gasteiger partial charge in [0.1, 0.15) is 5.75 Å². The van der Waals surface area contributed by atoms with Gasteiger partial charge in [-0.15, -0.1) is 0 Å². The summed E-state index contributed by atoms with van der Waals surface area (Å²) in [5, 5.41) is 0.316. The van der Waals surface area contributed by atoms with E-state index in [4.69, 9.17) is 4.74 Å². The van der Waals surface area contributed by atoms with E-state index in [2.05, 4.69) is 15.0 Å². The molecule has 26 heavy (non-hydrogen) atoms. The quantitative estimate of drug-likeness (QED) is 0.503. The van der Waals surface area contributed by atoms with E-state index in [1.807, 2.05) is 32.0 Å². The van der Waals surface area contributed by atoms with Crippen molar-refractivity contribution in [2.45, 2.75) is 38.1 Å². The van der Waals surface area contributed by atoms with Crippen LogP contribution in [-0.4, -0.2) is 38.9 Å². The molecule has 2 N–H and O–H groups in total. The van der Waals surface area contributed by atoms with Gasteiger partial charge in [-0.2, -0.15) is 0 Å². The van der Waals surface area contributed by atoms with Gasteiger partial charge in [0.15, 0.2) is 16.7 Å². The highest BCUT2D eigenvalue weighted by atomic mass is 32.2. The number of ether oxygens (including phenoxy) is 1. The van der Waals surface area contributed by atoms with Crippen LogP contribution in [0.25, 0.3) is 11.0 Å². The molecule has 3 rings (SSSR count). The lowest BCUT2D eigenvalue weighted by Gasteiger charge is -2.08. The Morgan fingerprint density at radius 2 is 1.96 bits per heavy atom. The Morgan fingerprint density at radius 1 is 1.23 bits per heavy atom. The zero-order valence-corrected chi connectivity index (χ0v) is 16.2.